The van der Waals surface area contributed by atoms with Crippen molar-refractivity contribution in [3.63, 3.8) is 0 Å². The molecular weight excluding hydrogens is 142 g/mol. The second-order valence-electron chi connectivity index (χ2n) is 2.82. The molecule has 1 N–H and O–H groups in total. The maximum absolute atomic E-state index is 8.96. The van der Waals surface area contributed by atoms with E-state index in [1.807, 2.05) is 13.0 Å². The number of aromatic nitrogens is 1. The molecule has 0 aliphatic heterocycles. The zero-order valence-electron chi connectivity index (χ0n) is 6.87. The number of hydrogen-bond acceptors (Lipinski definition) is 3. The fourth-order valence-electron chi connectivity index (χ4n) is 0.893. The third kappa shape index (κ3) is 2.72. The minimum Gasteiger partial charge on any atom is -0.393 e. The molecule has 0 aliphatic rings. The van der Waals surface area contributed by atoms with Gasteiger partial charge in [0.05, 0.1) is 11.8 Å². The molecule has 0 bridgehead atoms. The van der Waals surface area contributed by atoms with Crippen LogP contribution in [-0.2, 0) is 6.42 Å². The molecule has 0 aliphatic carbocycles. The van der Waals surface area contributed by atoms with Crippen LogP contribution in [0, 0.1) is 6.92 Å². The number of hydrogen-bond donors (Lipinski definition) is 1. The van der Waals surface area contributed by atoms with Gasteiger partial charge in [0, 0.05) is 6.07 Å². The van der Waals surface area contributed by atoms with Gasteiger partial charge >= 0.3 is 0 Å². The minimum atomic E-state index is -0.257. The third-order valence-electron chi connectivity index (χ3n) is 1.50. The average Bonchev–Trinajstić information content (AvgIpc) is 2.31. The van der Waals surface area contributed by atoms with Crippen molar-refractivity contribution < 1.29 is 9.63 Å². The molecule has 1 aromatic rings. The van der Waals surface area contributed by atoms with Crippen LogP contribution in [-0.4, -0.2) is 16.4 Å². The van der Waals surface area contributed by atoms with Gasteiger partial charge in [-0.05, 0) is 26.7 Å². The van der Waals surface area contributed by atoms with Crippen LogP contribution in [0.15, 0.2) is 10.6 Å². The van der Waals surface area contributed by atoms with Gasteiger partial charge in [0.2, 0.25) is 0 Å². The first kappa shape index (κ1) is 8.27. The van der Waals surface area contributed by atoms with Crippen LogP contribution in [0.4, 0.5) is 0 Å². The lowest BCUT2D eigenvalue weighted by molar-refractivity contribution is 0.184. The Labute approximate surface area is 66.0 Å². The van der Waals surface area contributed by atoms with Crippen molar-refractivity contribution in [2.45, 2.75) is 32.8 Å². The summed E-state index contributed by atoms with van der Waals surface area (Å²) in [5.74, 6) is 0.825. The molecule has 0 saturated heterocycles. The van der Waals surface area contributed by atoms with Crippen LogP contribution in [0.25, 0.3) is 0 Å². The number of nitrogens with zero attached hydrogens (tertiary/aromatic N) is 1. The van der Waals surface area contributed by atoms with Gasteiger partial charge < -0.3 is 9.63 Å². The normalized spacial score (nSPS) is 13.4. The van der Waals surface area contributed by atoms with E-state index in [1.54, 1.807) is 6.92 Å². The second kappa shape index (κ2) is 3.53. The van der Waals surface area contributed by atoms with Gasteiger partial charge in [0.15, 0.2) is 0 Å². The quantitative estimate of drug-likeness (QED) is 0.715. The van der Waals surface area contributed by atoms with Gasteiger partial charge in [0.1, 0.15) is 5.76 Å². The molecule has 0 amide bonds. The van der Waals surface area contributed by atoms with Crippen molar-refractivity contribution in [1.82, 2.24) is 5.16 Å². The maximum atomic E-state index is 8.96. The summed E-state index contributed by atoms with van der Waals surface area (Å²) in [4.78, 5) is 0. The summed E-state index contributed by atoms with van der Waals surface area (Å²) in [6.45, 7) is 3.63. The number of aryl methyl sites for hydroxylation is 2. The smallest absolute Gasteiger partial charge is 0.133 e. The molecule has 1 aromatic heterocycles. The summed E-state index contributed by atoms with van der Waals surface area (Å²) >= 11 is 0. The van der Waals surface area contributed by atoms with E-state index in [4.69, 9.17) is 9.63 Å². The first-order chi connectivity index (χ1) is 5.18. The fourth-order valence-corrected chi connectivity index (χ4v) is 0.893. The third-order valence-corrected chi connectivity index (χ3v) is 1.50. The molecule has 0 saturated carbocycles. The van der Waals surface area contributed by atoms with E-state index in [-0.39, 0.29) is 6.10 Å². The first-order valence-corrected chi connectivity index (χ1v) is 3.79. The summed E-state index contributed by atoms with van der Waals surface area (Å²) in [7, 11) is 0. The lowest BCUT2D eigenvalue weighted by Gasteiger charge is -1.98. The lowest BCUT2D eigenvalue weighted by atomic mass is 10.2. The molecule has 11 heavy (non-hydrogen) atoms. The Bertz CT molecular complexity index is 218. The number of aliphatic hydroxyl groups is 1. The molecule has 1 rings (SSSR count). The van der Waals surface area contributed by atoms with Crippen molar-refractivity contribution in [2.75, 3.05) is 0 Å². The van der Waals surface area contributed by atoms with Gasteiger partial charge in [-0.2, -0.15) is 0 Å². The van der Waals surface area contributed by atoms with E-state index in [2.05, 4.69) is 5.16 Å². The minimum absolute atomic E-state index is 0.257. The van der Waals surface area contributed by atoms with Crippen LogP contribution >= 0.6 is 0 Å². The zero-order chi connectivity index (χ0) is 8.27. The van der Waals surface area contributed by atoms with Crippen LogP contribution in [0.5, 0.6) is 0 Å². The molecule has 0 aromatic carbocycles. The zero-order valence-corrected chi connectivity index (χ0v) is 6.87. The van der Waals surface area contributed by atoms with Gasteiger partial charge in [-0.25, -0.2) is 0 Å². The van der Waals surface area contributed by atoms with Gasteiger partial charge in [-0.3, -0.25) is 0 Å². The Morgan fingerprint density at radius 1 is 1.73 bits per heavy atom. The molecule has 0 radical (unpaired) electrons. The van der Waals surface area contributed by atoms with Crippen molar-refractivity contribution in [1.29, 1.82) is 0 Å². The average molecular weight is 155 g/mol. The summed E-state index contributed by atoms with van der Waals surface area (Å²) in [5.41, 5.74) is 0.920. The Kier molecular flexibility index (Phi) is 2.65. The van der Waals surface area contributed by atoms with Crippen molar-refractivity contribution in [2.24, 2.45) is 0 Å². The summed E-state index contributed by atoms with van der Waals surface area (Å²) in [5, 5.41) is 12.8. The molecule has 3 heteroatoms. The largest absolute Gasteiger partial charge is 0.393 e. The summed E-state index contributed by atoms with van der Waals surface area (Å²) in [6, 6.07) is 1.89. The van der Waals surface area contributed by atoms with Crippen LogP contribution in [0.1, 0.15) is 24.8 Å². The fraction of sp³-hybridized carbons (Fsp3) is 0.625. The maximum Gasteiger partial charge on any atom is 0.133 e. The first-order valence-electron chi connectivity index (χ1n) is 3.79. The molecule has 0 fully saturated rings. The Morgan fingerprint density at radius 2 is 2.45 bits per heavy atom. The van der Waals surface area contributed by atoms with Crippen molar-refractivity contribution in [3.05, 3.63) is 17.5 Å². The molecule has 0 unspecified atom stereocenters. The molecule has 0 spiro atoms. The summed E-state index contributed by atoms with van der Waals surface area (Å²) in [6.07, 6.45) is 1.27. The van der Waals surface area contributed by atoms with E-state index >= 15 is 0 Å². The lowest BCUT2D eigenvalue weighted by Crippen LogP contribution is -2.01. The summed E-state index contributed by atoms with van der Waals surface area (Å²) < 4.78 is 4.87. The Morgan fingerprint density at radius 3 is 2.91 bits per heavy atom. The van der Waals surface area contributed by atoms with E-state index in [9.17, 15) is 0 Å². The van der Waals surface area contributed by atoms with Crippen molar-refractivity contribution in [3.8, 4) is 0 Å². The Balaban J connectivity index is 2.39. The molecule has 1 atom stereocenters. The van der Waals surface area contributed by atoms with E-state index in [0.717, 1.165) is 24.3 Å². The van der Waals surface area contributed by atoms with Crippen LogP contribution < -0.4 is 0 Å². The second-order valence-corrected chi connectivity index (χ2v) is 2.82. The molecular formula is C8H13NO2. The molecule has 1 heterocycles. The van der Waals surface area contributed by atoms with E-state index in [1.165, 1.54) is 0 Å². The highest BCUT2D eigenvalue weighted by molar-refractivity contribution is 5.03. The van der Waals surface area contributed by atoms with Crippen molar-refractivity contribution >= 4 is 0 Å². The highest BCUT2D eigenvalue weighted by Crippen LogP contribution is 2.05. The highest BCUT2D eigenvalue weighted by atomic mass is 16.5. The van der Waals surface area contributed by atoms with E-state index < -0.39 is 0 Å². The van der Waals surface area contributed by atoms with Crippen LogP contribution in [0.2, 0.25) is 0 Å². The SMILES string of the molecule is Cc1cc(CC[C@H](C)O)no1. The monoisotopic (exact) mass is 155 g/mol. The molecule has 62 valence electrons. The topological polar surface area (TPSA) is 46.3 Å². The molecule has 3 nitrogen and oxygen atoms in total. The van der Waals surface area contributed by atoms with Crippen LogP contribution in [0.3, 0.4) is 0 Å². The van der Waals surface area contributed by atoms with Gasteiger partial charge in [0.25, 0.3) is 0 Å². The number of rotatable bonds is 3. The number of aliphatic hydroxyl groups excluding tert-OH is 1. The van der Waals surface area contributed by atoms with Gasteiger partial charge in [-0.1, -0.05) is 5.16 Å². The predicted molar refractivity (Wildman–Crippen MR) is 41.2 cm³/mol. The van der Waals surface area contributed by atoms with E-state index in [0.29, 0.717) is 0 Å². The highest BCUT2D eigenvalue weighted by Gasteiger charge is 2.01. The standard InChI is InChI=1S/C8H13NO2/c1-6(10)3-4-8-5-7(2)11-9-8/h5-6,10H,3-4H2,1-2H3/t6-/m0/s1. The van der Waals surface area contributed by atoms with Gasteiger partial charge in [-0.15, -0.1) is 0 Å². The predicted octanol–water partition coefficient (Wildman–Crippen LogP) is 1.30. The Hall–Kier alpha value is -0.830.